The lowest BCUT2D eigenvalue weighted by molar-refractivity contribution is -0.143. The van der Waals surface area contributed by atoms with Crippen molar-refractivity contribution < 1.29 is 9.53 Å². The molecule has 2 rings (SSSR count). The number of hydrogen-bond donors (Lipinski definition) is 0. The number of allylic oxidation sites excluding steroid dienone is 2. The maximum atomic E-state index is 11.7. The molecule has 0 aromatic heterocycles. The highest BCUT2D eigenvalue weighted by molar-refractivity contribution is 5.69. The summed E-state index contributed by atoms with van der Waals surface area (Å²) in [7, 11) is 0. The van der Waals surface area contributed by atoms with Crippen molar-refractivity contribution in [1.29, 1.82) is 0 Å². The largest absolute Gasteiger partial charge is 0.461 e. The Morgan fingerprint density at radius 3 is 2.86 bits per heavy atom. The molecule has 0 aliphatic heterocycles. The predicted molar refractivity (Wildman–Crippen MR) is 91.5 cm³/mol. The van der Waals surface area contributed by atoms with Gasteiger partial charge < -0.3 is 4.74 Å². The molecule has 0 radical (unpaired) electrons. The Hall–Kier alpha value is -1.05. The van der Waals surface area contributed by atoms with E-state index in [4.69, 9.17) is 4.74 Å². The Balaban J connectivity index is 1.88. The third-order valence-corrected chi connectivity index (χ3v) is 5.73. The molecular weight excluding hydrogens is 272 g/mol. The Bertz CT molecular complexity index is 460. The lowest BCUT2D eigenvalue weighted by Crippen LogP contribution is -2.37. The number of carbonyl (C=O) groups excluding carboxylic acids is 1. The first-order valence-corrected chi connectivity index (χ1v) is 8.82. The molecule has 0 aromatic rings. The van der Waals surface area contributed by atoms with E-state index < -0.39 is 0 Å². The molecule has 2 aliphatic rings. The van der Waals surface area contributed by atoms with Crippen LogP contribution in [0.3, 0.4) is 0 Å². The molecule has 0 spiro atoms. The number of ether oxygens (including phenoxy) is 1. The maximum absolute atomic E-state index is 11.7. The van der Waals surface area contributed by atoms with Crippen LogP contribution < -0.4 is 0 Å². The molecule has 2 aliphatic carbocycles. The van der Waals surface area contributed by atoms with Gasteiger partial charge in [-0.25, -0.2) is 0 Å². The van der Waals surface area contributed by atoms with E-state index in [9.17, 15) is 4.79 Å². The fourth-order valence-electron chi connectivity index (χ4n) is 4.23. The second-order valence-corrected chi connectivity index (χ2v) is 8.08. The first kappa shape index (κ1) is 17.3. The first-order valence-electron chi connectivity index (χ1n) is 8.82. The van der Waals surface area contributed by atoms with Crippen LogP contribution in [0.2, 0.25) is 0 Å². The van der Waals surface area contributed by atoms with Crippen LogP contribution in [0, 0.1) is 23.2 Å². The van der Waals surface area contributed by atoms with Crippen LogP contribution in [-0.2, 0) is 9.53 Å². The zero-order valence-corrected chi connectivity index (χ0v) is 14.8. The van der Waals surface area contributed by atoms with Crippen molar-refractivity contribution in [1.82, 2.24) is 0 Å². The van der Waals surface area contributed by atoms with Crippen molar-refractivity contribution in [2.24, 2.45) is 23.2 Å². The quantitative estimate of drug-likeness (QED) is 0.509. The number of fused-ring (bicyclic) bond motifs is 1. The predicted octanol–water partition coefficient (Wildman–Crippen LogP) is 5.29. The summed E-state index contributed by atoms with van der Waals surface area (Å²) in [5, 5.41) is 0. The number of esters is 1. The van der Waals surface area contributed by atoms with Gasteiger partial charge in [0.2, 0.25) is 0 Å². The summed E-state index contributed by atoms with van der Waals surface area (Å²) in [6.45, 7) is 13.4. The third-order valence-electron chi connectivity index (χ3n) is 5.73. The minimum Gasteiger partial charge on any atom is -0.461 e. The summed E-state index contributed by atoms with van der Waals surface area (Å²) in [5.74, 6) is 1.45. The Kier molecular flexibility index (Phi) is 5.52. The van der Waals surface area contributed by atoms with Gasteiger partial charge in [0, 0.05) is 6.42 Å². The van der Waals surface area contributed by atoms with Crippen molar-refractivity contribution in [2.75, 3.05) is 6.61 Å². The fourth-order valence-corrected chi connectivity index (χ4v) is 4.23. The summed E-state index contributed by atoms with van der Waals surface area (Å²) < 4.78 is 5.40. The average Bonchev–Trinajstić information content (AvgIpc) is 2.43. The normalized spacial score (nSPS) is 31.4. The molecule has 0 saturated heterocycles. The number of hydrogen-bond acceptors (Lipinski definition) is 2. The Morgan fingerprint density at radius 1 is 1.45 bits per heavy atom. The standard InChI is InChI=1S/C20H32O2/c1-14(2)11-19(21)22-13-16(4)17-8-10-20(5)9-6-7-15(3)18(20)12-17/h7,14,17-18H,4,6,8-13H2,1-3,5H3/t17-,18+,20-/m1/s1. The lowest BCUT2D eigenvalue weighted by Gasteiger charge is -2.48. The topological polar surface area (TPSA) is 26.3 Å². The average molecular weight is 304 g/mol. The molecule has 2 nitrogen and oxygen atoms in total. The Morgan fingerprint density at radius 2 is 2.18 bits per heavy atom. The zero-order chi connectivity index (χ0) is 16.3. The van der Waals surface area contributed by atoms with Gasteiger partial charge in [0.15, 0.2) is 0 Å². The van der Waals surface area contributed by atoms with E-state index in [1.807, 2.05) is 13.8 Å². The summed E-state index contributed by atoms with van der Waals surface area (Å²) >= 11 is 0. The van der Waals surface area contributed by atoms with Crippen LogP contribution in [0.25, 0.3) is 0 Å². The molecule has 3 atom stereocenters. The molecule has 1 saturated carbocycles. The smallest absolute Gasteiger partial charge is 0.306 e. The van der Waals surface area contributed by atoms with Crippen LogP contribution in [0.1, 0.15) is 66.2 Å². The molecule has 2 heteroatoms. The summed E-state index contributed by atoms with van der Waals surface area (Å²) in [5.41, 5.74) is 3.14. The van der Waals surface area contributed by atoms with E-state index in [-0.39, 0.29) is 5.97 Å². The fraction of sp³-hybridized carbons (Fsp3) is 0.750. The molecule has 0 amide bonds. The second-order valence-electron chi connectivity index (χ2n) is 8.08. The highest BCUT2D eigenvalue weighted by atomic mass is 16.5. The molecule has 0 unspecified atom stereocenters. The van der Waals surface area contributed by atoms with Gasteiger partial charge in [-0.05, 0) is 67.8 Å². The molecule has 0 N–H and O–H groups in total. The van der Waals surface area contributed by atoms with Crippen molar-refractivity contribution in [2.45, 2.75) is 66.2 Å². The maximum Gasteiger partial charge on any atom is 0.306 e. The molecule has 0 aromatic carbocycles. The first-order chi connectivity index (χ1) is 10.3. The number of carbonyl (C=O) groups is 1. The highest BCUT2D eigenvalue weighted by Crippen LogP contribution is 2.52. The second kappa shape index (κ2) is 7.02. The van der Waals surface area contributed by atoms with Gasteiger partial charge in [0.05, 0.1) is 0 Å². The molecule has 1 fully saturated rings. The molecular formula is C20H32O2. The van der Waals surface area contributed by atoms with E-state index in [1.54, 1.807) is 5.57 Å². The van der Waals surface area contributed by atoms with Crippen LogP contribution in [0.15, 0.2) is 23.8 Å². The minimum atomic E-state index is -0.0921. The van der Waals surface area contributed by atoms with Crippen molar-refractivity contribution in [3.63, 3.8) is 0 Å². The third kappa shape index (κ3) is 4.02. The van der Waals surface area contributed by atoms with Crippen LogP contribution in [0.4, 0.5) is 0 Å². The van der Waals surface area contributed by atoms with Gasteiger partial charge in [0.1, 0.15) is 6.61 Å². The van der Waals surface area contributed by atoms with Crippen LogP contribution in [0.5, 0.6) is 0 Å². The molecule has 22 heavy (non-hydrogen) atoms. The van der Waals surface area contributed by atoms with E-state index >= 15 is 0 Å². The van der Waals surface area contributed by atoms with Gasteiger partial charge in [-0.1, -0.05) is 39.0 Å². The van der Waals surface area contributed by atoms with Crippen molar-refractivity contribution >= 4 is 5.97 Å². The number of rotatable bonds is 5. The molecule has 0 heterocycles. The molecule has 124 valence electrons. The monoisotopic (exact) mass is 304 g/mol. The zero-order valence-electron chi connectivity index (χ0n) is 14.8. The van der Waals surface area contributed by atoms with Gasteiger partial charge in [-0.2, -0.15) is 0 Å². The van der Waals surface area contributed by atoms with Crippen LogP contribution >= 0.6 is 0 Å². The van der Waals surface area contributed by atoms with Gasteiger partial charge >= 0.3 is 5.97 Å². The van der Waals surface area contributed by atoms with Gasteiger partial charge in [-0.3, -0.25) is 4.79 Å². The summed E-state index contributed by atoms with van der Waals surface area (Å²) in [4.78, 5) is 11.7. The molecule has 0 bridgehead atoms. The van der Waals surface area contributed by atoms with Crippen molar-refractivity contribution in [3.8, 4) is 0 Å². The van der Waals surface area contributed by atoms with Crippen LogP contribution in [-0.4, -0.2) is 12.6 Å². The highest BCUT2D eigenvalue weighted by Gasteiger charge is 2.42. The van der Waals surface area contributed by atoms with E-state index in [1.165, 1.54) is 32.1 Å². The van der Waals surface area contributed by atoms with E-state index in [2.05, 4.69) is 26.5 Å². The summed E-state index contributed by atoms with van der Waals surface area (Å²) in [6.07, 6.45) is 9.11. The summed E-state index contributed by atoms with van der Waals surface area (Å²) in [6, 6.07) is 0. The Labute approximate surface area is 136 Å². The lowest BCUT2D eigenvalue weighted by atomic mass is 9.57. The van der Waals surface area contributed by atoms with E-state index in [0.717, 1.165) is 5.57 Å². The van der Waals surface area contributed by atoms with Gasteiger partial charge in [-0.15, -0.1) is 0 Å². The SMILES string of the molecule is C=C(COC(=O)CC(C)C)[C@@H]1CC[C@@]2(C)CCC=C(C)[C@@H]2C1. The van der Waals surface area contributed by atoms with Gasteiger partial charge in [0.25, 0.3) is 0 Å². The van der Waals surface area contributed by atoms with Crippen molar-refractivity contribution in [3.05, 3.63) is 23.8 Å². The van der Waals surface area contributed by atoms with E-state index in [0.29, 0.717) is 36.2 Å². The minimum absolute atomic E-state index is 0.0921.